The number of likely N-dealkylation sites (tertiary alicyclic amines) is 1. The molecule has 0 aromatic carbocycles. The summed E-state index contributed by atoms with van der Waals surface area (Å²) in [6.45, 7) is 4.09. The van der Waals surface area contributed by atoms with Crippen molar-refractivity contribution >= 4 is 28.2 Å². The summed E-state index contributed by atoms with van der Waals surface area (Å²) in [6.07, 6.45) is 2.34. The van der Waals surface area contributed by atoms with Crippen molar-refractivity contribution in [2.45, 2.75) is 12.8 Å². The van der Waals surface area contributed by atoms with Crippen LogP contribution >= 0.6 is 22.7 Å². The smallest absolute Gasteiger partial charge is 0.0356 e. The van der Waals surface area contributed by atoms with Crippen molar-refractivity contribution in [3.8, 4) is 0 Å². The molecule has 2 aromatic rings. The van der Waals surface area contributed by atoms with Gasteiger partial charge in [-0.05, 0) is 35.7 Å². The maximum Gasteiger partial charge on any atom is 0.0356 e. The second kappa shape index (κ2) is 6.68. The van der Waals surface area contributed by atoms with Crippen molar-refractivity contribution < 1.29 is 0 Å². The molecule has 0 unspecified atom stereocenters. The van der Waals surface area contributed by atoms with Crippen LogP contribution in [0.4, 0.5) is 0 Å². The highest BCUT2D eigenvalue weighted by molar-refractivity contribution is 7.13. The quantitative estimate of drug-likeness (QED) is 0.934. The predicted octanol–water partition coefficient (Wildman–Crippen LogP) is 3.67. The Morgan fingerprint density at radius 2 is 1.65 bits per heavy atom. The van der Waals surface area contributed by atoms with Crippen LogP contribution in [0.5, 0.6) is 0 Å². The monoisotopic (exact) mass is 304 g/mol. The van der Waals surface area contributed by atoms with Crippen molar-refractivity contribution in [2.24, 2.45) is 5.73 Å². The van der Waals surface area contributed by atoms with Gasteiger partial charge in [-0.2, -0.15) is 0 Å². The van der Waals surface area contributed by atoms with E-state index in [0.29, 0.717) is 0 Å². The molecule has 1 aliphatic heterocycles. The number of rotatable bonds is 4. The minimum absolute atomic E-state index is 0.766. The number of nitrogens with zero attached hydrogens (tertiary/aromatic N) is 1. The van der Waals surface area contributed by atoms with E-state index in [-0.39, 0.29) is 0 Å². The fraction of sp³-hybridized carbons (Fsp3) is 0.375. The van der Waals surface area contributed by atoms with Crippen molar-refractivity contribution in [1.82, 2.24) is 4.90 Å². The topological polar surface area (TPSA) is 29.3 Å². The zero-order valence-corrected chi connectivity index (χ0v) is 13.2. The van der Waals surface area contributed by atoms with Gasteiger partial charge in [0.1, 0.15) is 0 Å². The first-order chi connectivity index (χ1) is 9.88. The predicted molar refractivity (Wildman–Crippen MR) is 89.4 cm³/mol. The minimum atomic E-state index is 0.766. The highest BCUT2D eigenvalue weighted by Crippen LogP contribution is 2.36. The molecule has 3 heterocycles. The summed E-state index contributed by atoms with van der Waals surface area (Å²) in [6, 6.07) is 8.80. The largest absolute Gasteiger partial charge is 0.329 e. The third kappa shape index (κ3) is 3.04. The van der Waals surface area contributed by atoms with Crippen molar-refractivity contribution in [1.29, 1.82) is 0 Å². The first-order valence-corrected chi connectivity index (χ1v) is 8.86. The molecule has 2 aromatic heterocycles. The van der Waals surface area contributed by atoms with Crippen LogP contribution in [0.25, 0.3) is 5.57 Å². The zero-order valence-electron chi connectivity index (χ0n) is 11.5. The molecule has 1 saturated heterocycles. The number of thiophene rings is 2. The van der Waals surface area contributed by atoms with Crippen LogP contribution in [-0.2, 0) is 0 Å². The van der Waals surface area contributed by atoms with Gasteiger partial charge in [-0.15, -0.1) is 22.7 Å². The maximum atomic E-state index is 5.66. The van der Waals surface area contributed by atoms with E-state index in [4.69, 9.17) is 5.73 Å². The van der Waals surface area contributed by atoms with Crippen LogP contribution in [0.3, 0.4) is 0 Å². The fourth-order valence-corrected chi connectivity index (χ4v) is 4.52. The Hall–Kier alpha value is -0.940. The van der Waals surface area contributed by atoms with E-state index < -0.39 is 0 Å². The molecule has 0 spiro atoms. The van der Waals surface area contributed by atoms with Crippen LogP contribution in [0.1, 0.15) is 22.6 Å². The summed E-state index contributed by atoms with van der Waals surface area (Å²) in [5.74, 6) is 0. The number of piperidine rings is 1. The molecule has 0 atom stereocenters. The summed E-state index contributed by atoms with van der Waals surface area (Å²) in [4.78, 5) is 5.30. The molecule has 2 nitrogen and oxygen atoms in total. The zero-order chi connectivity index (χ0) is 13.8. The van der Waals surface area contributed by atoms with Crippen molar-refractivity contribution in [2.75, 3.05) is 26.2 Å². The van der Waals surface area contributed by atoms with E-state index in [1.165, 1.54) is 28.2 Å². The van der Waals surface area contributed by atoms with E-state index in [2.05, 4.69) is 39.9 Å². The summed E-state index contributed by atoms with van der Waals surface area (Å²) >= 11 is 3.70. The lowest BCUT2D eigenvalue weighted by molar-refractivity contribution is 0.264. The highest BCUT2D eigenvalue weighted by atomic mass is 32.1. The molecule has 20 heavy (non-hydrogen) atoms. The van der Waals surface area contributed by atoms with Crippen LogP contribution in [0.2, 0.25) is 0 Å². The summed E-state index contributed by atoms with van der Waals surface area (Å²) in [5.41, 5.74) is 8.76. The van der Waals surface area contributed by atoms with Gasteiger partial charge >= 0.3 is 0 Å². The Labute approximate surface area is 128 Å². The molecule has 0 aliphatic carbocycles. The van der Waals surface area contributed by atoms with Crippen molar-refractivity contribution in [3.05, 3.63) is 50.4 Å². The first kappa shape index (κ1) is 14.0. The van der Waals surface area contributed by atoms with Gasteiger partial charge in [0.15, 0.2) is 0 Å². The fourth-order valence-electron chi connectivity index (χ4n) is 2.79. The summed E-state index contributed by atoms with van der Waals surface area (Å²) in [7, 11) is 0. The normalized spacial score (nSPS) is 16.6. The van der Waals surface area contributed by atoms with Gasteiger partial charge in [0.25, 0.3) is 0 Å². The van der Waals surface area contributed by atoms with Gasteiger partial charge in [0.05, 0.1) is 0 Å². The Morgan fingerprint density at radius 3 is 2.10 bits per heavy atom. The molecule has 4 heteroatoms. The van der Waals surface area contributed by atoms with E-state index in [0.717, 1.165) is 26.2 Å². The number of hydrogen-bond donors (Lipinski definition) is 1. The van der Waals surface area contributed by atoms with E-state index in [1.807, 2.05) is 22.7 Å². The van der Waals surface area contributed by atoms with Crippen LogP contribution < -0.4 is 5.73 Å². The molecule has 0 radical (unpaired) electrons. The van der Waals surface area contributed by atoms with Gasteiger partial charge < -0.3 is 10.6 Å². The molecular formula is C16H20N2S2. The molecule has 0 saturated carbocycles. The lowest BCUT2D eigenvalue weighted by Gasteiger charge is -2.29. The average molecular weight is 304 g/mol. The van der Waals surface area contributed by atoms with E-state index in [1.54, 1.807) is 5.57 Å². The van der Waals surface area contributed by atoms with Gasteiger partial charge in [-0.25, -0.2) is 0 Å². The van der Waals surface area contributed by atoms with Gasteiger partial charge in [0.2, 0.25) is 0 Å². The van der Waals surface area contributed by atoms with Crippen LogP contribution in [0.15, 0.2) is 40.6 Å². The lowest BCUT2D eigenvalue weighted by Crippen LogP contribution is -2.35. The Balaban J connectivity index is 1.88. The van der Waals surface area contributed by atoms with Crippen LogP contribution in [-0.4, -0.2) is 31.1 Å². The maximum absolute atomic E-state index is 5.66. The second-order valence-corrected chi connectivity index (χ2v) is 6.96. The number of hydrogen-bond acceptors (Lipinski definition) is 4. The highest BCUT2D eigenvalue weighted by Gasteiger charge is 2.19. The number of nitrogens with two attached hydrogens (primary N) is 1. The van der Waals surface area contributed by atoms with Gasteiger partial charge in [-0.1, -0.05) is 17.7 Å². The van der Waals surface area contributed by atoms with E-state index in [9.17, 15) is 0 Å². The average Bonchev–Trinajstić information content (AvgIpc) is 3.15. The Bertz CT molecular complexity index is 509. The Morgan fingerprint density at radius 1 is 1.05 bits per heavy atom. The summed E-state index contributed by atoms with van der Waals surface area (Å²) in [5, 5.41) is 4.35. The third-order valence-corrected chi connectivity index (χ3v) is 5.57. The summed E-state index contributed by atoms with van der Waals surface area (Å²) < 4.78 is 0. The van der Waals surface area contributed by atoms with Crippen LogP contribution in [0, 0.1) is 0 Å². The minimum Gasteiger partial charge on any atom is -0.329 e. The third-order valence-electron chi connectivity index (χ3n) is 3.79. The molecule has 1 fully saturated rings. The molecule has 106 valence electrons. The SMILES string of the molecule is NCCN1CCC(=C(c2cccs2)c2cccs2)CC1. The van der Waals surface area contributed by atoms with Gasteiger partial charge in [-0.3, -0.25) is 0 Å². The van der Waals surface area contributed by atoms with Gasteiger partial charge in [0, 0.05) is 41.5 Å². The molecular weight excluding hydrogens is 284 g/mol. The lowest BCUT2D eigenvalue weighted by atomic mass is 9.96. The molecule has 2 N–H and O–H groups in total. The molecule has 0 amide bonds. The Kier molecular flexibility index (Phi) is 4.68. The molecule has 3 rings (SSSR count). The molecule has 1 aliphatic rings. The molecule has 0 bridgehead atoms. The van der Waals surface area contributed by atoms with E-state index >= 15 is 0 Å². The first-order valence-electron chi connectivity index (χ1n) is 7.10. The van der Waals surface area contributed by atoms with Crippen molar-refractivity contribution in [3.63, 3.8) is 0 Å². The second-order valence-electron chi connectivity index (χ2n) is 5.06. The standard InChI is InChI=1S/C16H20N2S2/c17-7-10-18-8-5-13(6-9-18)16(14-3-1-11-19-14)15-4-2-12-20-15/h1-4,11-12H,5-10,17H2.